The first kappa shape index (κ1) is 13.4. The molecular formula is C12H10ClFN2O3. The quantitative estimate of drug-likeness (QED) is 0.937. The predicted octanol–water partition coefficient (Wildman–Crippen LogP) is 2.87. The van der Waals surface area contributed by atoms with E-state index in [0.29, 0.717) is 0 Å². The van der Waals surface area contributed by atoms with Gasteiger partial charge >= 0.3 is 0 Å². The minimum absolute atomic E-state index is 0.0982. The molecule has 0 aliphatic rings. The molecule has 1 amide bonds. The Balaban J connectivity index is 2.00. The van der Waals surface area contributed by atoms with Crippen LogP contribution in [-0.4, -0.2) is 17.2 Å². The average Bonchev–Trinajstić information content (AvgIpc) is 2.85. The lowest BCUT2D eigenvalue weighted by molar-refractivity contribution is -0.122. The van der Waals surface area contributed by atoms with Gasteiger partial charge in [0.1, 0.15) is 17.8 Å². The minimum atomic E-state index is -0.820. The Kier molecular flexibility index (Phi) is 4.01. The van der Waals surface area contributed by atoms with Crippen LogP contribution in [0.5, 0.6) is 5.75 Å². The van der Waals surface area contributed by atoms with E-state index in [0.717, 1.165) is 6.07 Å². The van der Waals surface area contributed by atoms with E-state index in [1.807, 2.05) is 0 Å². The summed E-state index contributed by atoms with van der Waals surface area (Å²) in [6, 6.07) is 5.16. The van der Waals surface area contributed by atoms with Gasteiger partial charge in [0, 0.05) is 6.07 Å². The van der Waals surface area contributed by atoms with Crippen molar-refractivity contribution in [2.45, 2.75) is 13.0 Å². The second-order valence-corrected chi connectivity index (χ2v) is 4.12. The fourth-order valence-corrected chi connectivity index (χ4v) is 1.53. The van der Waals surface area contributed by atoms with E-state index in [9.17, 15) is 9.18 Å². The molecule has 0 saturated heterocycles. The first-order valence-electron chi connectivity index (χ1n) is 5.39. The molecule has 0 spiro atoms. The summed E-state index contributed by atoms with van der Waals surface area (Å²) in [5.74, 6) is -0.386. The summed E-state index contributed by atoms with van der Waals surface area (Å²) in [4.78, 5) is 11.8. The monoisotopic (exact) mass is 284 g/mol. The van der Waals surface area contributed by atoms with E-state index in [-0.39, 0.29) is 16.6 Å². The van der Waals surface area contributed by atoms with E-state index >= 15 is 0 Å². The summed E-state index contributed by atoms with van der Waals surface area (Å²) in [6.07, 6.45) is 0.512. The highest BCUT2D eigenvalue weighted by atomic mass is 35.5. The van der Waals surface area contributed by atoms with E-state index in [2.05, 4.69) is 15.0 Å². The number of rotatable bonds is 4. The summed E-state index contributed by atoms with van der Waals surface area (Å²) in [6.45, 7) is 1.54. The number of carbonyl (C=O) groups is 1. The number of benzene rings is 1. The lowest BCUT2D eigenvalue weighted by Crippen LogP contribution is -2.30. The molecule has 0 aliphatic carbocycles. The molecule has 1 aromatic carbocycles. The molecule has 19 heavy (non-hydrogen) atoms. The van der Waals surface area contributed by atoms with E-state index in [1.165, 1.54) is 31.4 Å². The van der Waals surface area contributed by atoms with E-state index in [1.54, 1.807) is 0 Å². The molecule has 0 aliphatic heterocycles. The number of hydrogen-bond acceptors (Lipinski definition) is 4. The van der Waals surface area contributed by atoms with Gasteiger partial charge in [-0.3, -0.25) is 4.79 Å². The summed E-state index contributed by atoms with van der Waals surface area (Å²) in [5, 5.41) is 6.12. The highest BCUT2D eigenvalue weighted by molar-refractivity contribution is 6.32. The molecule has 1 heterocycles. The minimum Gasteiger partial charge on any atom is -0.479 e. The van der Waals surface area contributed by atoms with Crippen molar-refractivity contribution in [1.29, 1.82) is 0 Å². The number of nitrogens with zero attached hydrogens (tertiary/aromatic N) is 1. The van der Waals surface area contributed by atoms with Crippen molar-refractivity contribution in [3.05, 3.63) is 41.4 Å². The zero-order valence-corrected chi connectivity index (χ0v) is 10.6. The standard InChI is InChI=1S/C12H10ClFN2O3/c1-7(12(17)15-11-4-5-18-16-11)19-10-3-2-8(14)6-9(10)13/h2-7H,1H3,(H,15,16,17)/t7-/m1/s1. The van der Waals surface area contributed by atoms with Gasteiger partial charge in [-0.15, -0.1) is 0 Å². The Morgan fingerprint density at radius 3 is 2.95 bits per heavy atom. The molecule has 1 N–H and O–H groups in total. The average molecular weight is 285 g/mol. The topological polar surface area (TPSA) is 64.4 Å². The molecule has 7 heteroatoms. The molecule has 0 fully saturated rings. The van der Waals surface area contributed by atoms with E-state index < -0.39 is 17.8 Å². The molecule has 0 unspecified atom stereocenters. The Bertz CT molecular complexity index is 574. The summed E-state index contributed by atoms with van der Waals surface area (Å²) < 4.78 is 22.8. The van der Waals surface area contributed by atoms with Crippen LogP contribution in [0.3, 0.4) is 0 Å². The highest BCUT2D eigenvalue weighted by Crippen LogP contribution is 2.25. The largest absolute Gasteiger partial charge is 0.479 e. The maximum absolute atomic E-state index is 12.9. The van der Waals surface area contributed by atoms with Crippen LogP contribution in [0.1, 0.15) is 6.92 Å². The fourth-order valence-electron chi connectivity index (χ4n) is 1.32. The molecule has 0 bridgehead atoms. The molecule has 1 atom stereocenters. The second-order valence-electron chi connectivity index (χ2n) is 3.71. The Hall–Kier alpha value is -2.08. The Morgan fingerprint density at radius 1 is 1.53 bits per heavy atom. The molecule has 5 nitrogen and oxygen atoms in total. The van der Waals surface area contributed by atoms with Gasteiger partial charge in [-0.1, -0.05) is 16.8 Å². The third-order valence-corrected chi connectivity index (χ3v) is 2.55. The Morgan fingerprint density at radius 2 is 2.32 bits per heavy atom. The number of hydrogen-bond donors (Lipinski definition) is 1. The van der Waals surface area contributed by atoms with E-state index in [4.69, 9.17) is 16.3 Å². The zero-order valence-electron chi connectivity index (χ0n) is 9.89. The van der Waals surface area contributed by atoms with Gasteiger partial charge in [0.15, 0.2) is 11.9 Å². The van der Waals surface area contributed by atoms with Gasteiger partial charge in [0.25, 0.3) is 5.91 Å². The molecular weight excluding hydrogens is 275 g/mol. The van der Waals surface area contributed by atoms with Crippen molar-refractivity contribution < 1.29 is 18.4 Å². The number of ether oxygens (including phenoxy) is 1. The van der Waals surface area contributed by atoms with Crippen LogP contribution in [-0.2, 0) is 4.79 Å². The fraction of sp³-hybridized carbons (Fsp3) is 0.167. The summed E-state index contributed by atoms with van der Waals surface area (Å²) in [7, 11) is 0. The molecule has 1 aromatic heterocycles. The molecule has 2 rings (SSSR count). The number of carbonyl (C=O) groups excluding carboxylic acids is 1. The van der Waals surface area contributed by atoms with Gasteiger partial charge in [-0.25, -0.2) is 4.39 Å². The summed E-state index contributed by atoms with van der Waals surface area (Å²) >= 11 is 5.80. The molecule has 2 aromatic rings. The number of amides is 1. The first-order valence-corrected chi connectivity index (χ1v) is 5.77. The van der Waals surface area contributed by atoms with Crippen LogP contribution in [0.25, 0.3) is 0 Å². The zero-order chi connectivity index (χ0) is 13.8. The van der Waals surface area contributed by atoms with Crippen molar-refractivity contribution in [1.82, 2.24) is 5.16 Å². The van der Waals surface area contributed by atoms with Gasteiger partial charge < -0.3 is 14.6 Å². The normalized spacial score (nSPS) is 11.9. The van der Waals surface area contributed by atoms with Gasteiger partial charge in [0.05, 0.1) is 5.02 Å². The van der Waals surface area contributed by atoms with Crippen LogP contribution in [0.15, 0.2) is 35.1 Å². The van der Waals surface area contributed by atoms with Crippen LogP contribution < -0.4 is 10.1 Å². The third kappa shape index (κ3) is 3.45. The third-order valence-electron chi connectivity index (χ3n) is 2.26. The van der Waals surface area contributed by atoms with Crippen LogP contribution >= 0.6 is 11.6 Å². The SMILES string of the molecule is C[C@@H](Oc1ccc(F)cc1Cl)C(=O)Nc1ccon1. The van der Waals surface area contributed by atoms with Crippen molar-refractivity contribution in [3.8, 4) is 5.75 Å². The second kappa shape index (κ2) is 5.71. The van der Waals surface area contributed by atoms with Crippen LogP contribution in [0, 0.1) is 5.82 Å². The van der Waals surface area contributed by atoms with Crippen molar-refractivity contribution in [3.63, 3.8) is 0 Å². The Labute approximate surface area is 113 Å². The maximum Gasteiger partial charge on any atom is 0.266 e. The lowest BCUT2D eigenvalue weighted by Gasteiger charge is -2.14. The smallest absolute Gasteiger partial charge is 0.266 e. The number of halogens is 2. The van der Waals surface area contributed by atoms with Crippen LogP contribution in [0.2, 0.25) is 5.02 Å². The number of anilines is 1. The lowest BCUT2D eigenvalue weighted by atomic mass is 10.3. The van der Waals surface area contributed by atoms with Gasteiger partial charge in [-0.2, -0.15) is 0 Å². The van der Waals surface area contributed by atoms with Gasteiger partial charge in [-0.05, 0) is 25.1 Å². The number of aromatic nitrogens is 1. The first-order chi connectivity index (χ1) is 9.06. The molecule has 0 radical (unpaired) electrons. The molecule has 100 valence electrons. The van der Waals surface area contributed by atoms with Crippen molar-refractivity contribution in [2.24, 2.45) is 0 Å². The highest BCUT2D eigenvalue weighted by Gasteiger charge is 2.17. The van der Waals surface area contributed by atoms with Gasteiger partial charge in [0.2, 0.25) is 0 Å². The maximum atomic E-state index is 12.9. The molecule has 0 saturated carbocycles. The van der Waals surface area contributed by atoms with Crippen molar-refractivity contribution >= 4 is 23.3 Å². The summed E-state index contributed by atoms with van der Waals surface area (Å²) in [5.41, 5.74) is 0. The number of nitrogens with one attached hydrogen (secondary N) is 1. The predicted molar refractivity (Wildman–Crippen MR) is 66.6 cm³/mol. The van der Waals surface area contributed by atoms with Crippen molar-refractivity contribution in [2.75, 3.05) is 5.32 Å². The van der Waals surface area contributed by atoms with Crippen LogP contribution in [0.4, 0.5) is 10.2 Å².